The molecule has 89 valence electrons. The second kappa shape index (κ2) is 8.40. The Balaban J connectivity index is 0.00000196. The van der Waals surface area contributed by atoms with Gasteiger partial charge in [-0.15, -0.1) is 17.7 Å². The minimum Gasteiger partial charge on any atom is -0.523 e. The van der Waals surface area contributed by atoms with Crippen LogP contribution in [-0.2, 0) is 6.54 Å². The van der Waals surface area contributed by atoms with Crippen LogP contribution >= 0.6 is 0 Å². The van der Waals surface area contributed by atoms with Crippen LogP contribution in [0.2, 0.25) is 0 Å². The average Bonchev–Trinajstić information content (AvgIpc) is 2.26. The quantitative estimate of drug-likeness (QED) is 0.593. The fourth-order valence-corrected chi connectivity index (χ4v) is 1.41. The Labute approximate surface area is 123 Å². The summed E-state index contributed by atoms with van der Waals surface area (Å²) in [5, 5.41) is 0. The van der Waals surface area contributed by atoms with Gasteiger partial charge in [-0.25, -0.2) is 0 Å². The zero-order valence-electron chi connectivity index (χ0n) is 9.51. The fourth-order valence-electron chi connectivity index (χ4n) is 1.41. The van der Waals surface area contributed by atoms with E-state index < -0.39 is 0 Å². The second-order valence-corrected chi connectivity index (χ2v) is 3.23. The van der Waals surface area contributed by atoms with Crippen molar-refractivity contribution in [3.63, 3.8) is 0 Å². The van der Waals surface area contributed by atoms with Crippen molar-refractivity contribution in [1.29, 1.82) is 0 Å². The maximum absolute atomic E-state index is 5.13. The van der Waals surface area contributed by atoms with Crippen LogP contribution in [0.1, 0.15) is 19.4 Å². The largest absolute Gasteiger partial charge is 0.523 e. The van der Waals surface area contributed by atoms with Gasteiger partial charge in [0.2, 0.25) is 0 Å². The fraction of sp³-hybridized carbons (Fsp3) is 0.500. The Morgan fingerprint density at radius 3 is 2.53 bits per heavy atom. The predicted molar refractivity (Wildman–Crippen MR) is 58.5 cm³/mol. The molecule has 0 spiro atoms. The van der Waals surface area contributed by atoms with Crippen molar-refractivity contribution in [3.05, 3.63) is 29.8 Å². The van der Waals surface area contributed by atoms with Gasteiger partial charge >= 0.3 is 0 Å². The van der Waals surface area contributed by atoms with Crippen molar-refractivity contribution in [2.45, 2.75) is 20.4 Å². The summed E-state index contributed by atoms with van der Waals surface area (Å²) in [7, 11) is 1.67. The van der Waals surface area contributed by atoms with Gasteiger partial charge in [-0.05, 0) is 13.1 Å². The molecule has 0 unspecified atom stereocenters. The van der Waals surface area contributed by atoms with E-state index >= 15 is 0 Å². The van der Waals surface area contributed by atoms with Crippen LogP contribution < -0.4 is 4.74 Å². The summed E-state index contributed by atoms with van der Waals surface area (Å²) in [6, 6.07) is 9.07. The van der Waals surface area contributed by atoms with Gasteiger partial charge in [-0.3, -0.25) is 0 Å². The van der Waals surface area contributed by atoms with E-state index in [1.165, 1.54) is 5.56 Å². The number of rotatable bonds is 5. The van der Waals surface area contributed by atoms with Crippen molar-refractivity contribution < 1.29 is 42.5 Å². The first-order valence-corrected chi connectivity index (χ1v) is 5.07. The molecule has 0 aliphatic rings. The molecular formula is C12H18HoNO-. The molecule has 0 aromatic heterocycles. The molecule has 0 N–H and O–H groups in total. The van der Waals surface area contributed by atoms with Crippen LogP contribution in [0.25, 0.3) is 0 Å². The van der Waals surface area contributed by atoms with Crippen molar-refractivity contribution in [2.75, 3.05) is 20.2 Å². The van der Waals surface area contributed by atoms with Crippen LogP contribution in [0.4, 0.5) is 0 Å². The number of ether oxygens (including phenoxy) is 1. The topological polar surface area (TPSA) is 12.5 Å². The molecule has 1 radical (unpaired) electrons. The Bertz CT molecular complexity index is 274. The summed E-state index contributed by atoms with van der Waals surface area (Å²) in [6.07, 6.45) is 0. The molecule has 0 saturated carbocycles. The Morgan fingerprint density at radius 2 is 2.00 bits per heavy atom. The molecule has 0 fully saturated rings. The summed E-state index contributed by atoms with van der Waals surface area (Å²) < 4.78 is 5.13. The molecule has 15 heavy (non-hydrogen) atoms. The molecule has 0 bridgehead atoms. The van der Waals surface area contributed by atoms with Crippen LogP contribution in [0.15, 0.2) is 18.2 Å². The minimum atomic E-state index is 0. The SMILES string of the molecule is CCN(CC)Cc1cc[c-]c(OC)c1.[Ho]. The summed E-state index contributed by atoms with van der Waals surface area (Å²) >= 11 is 0. The molecule has 1 aromatic rings. The van der Waals surface area contributed by atoms with Crippen LogP contribution in [0.3, 0.4) is 0 Å². The molecule has 0 aliphatic carbocycles. The molecule has 0 atom stereocenters. The monoisotopic (exact) mass is 357 g/mol. The molecule has 0 amide bonds. The molecular weight excluding hydrogens is 339 g/mol. The third kappa shape index (κ3) is 5.21. The normalized spacial score (nSPS) is 9.87. The van der Waals surface area contributed by atoms with E-state index in [-0.39, 0.29) is 37.7 Å². The number of hydrogen-bond acceptors (Lipinski definition) is 2. The molecule has 2 nitrogen and oxygen atoms in total. The Morgan fingerprint density at radius 1 is 1.33 bits per heavy atom. The zero-order valence-corrected chi connectivity index (χ0v) is 11.4. The molecule has 3 heteroatoms. The van der Waals surface area contributed by atoms with E-state index in [2.05, 4.69) is 30.9 Å². The smallest absolute Gasteiger partial charge is 0.0743 e. The first-order valence-electron chi connectivity index (χ1n) is 5.07. The molecule has 0 saturated heterocycles. The number of hydrogen-bond donors (Lipinski definition) is 0. The van der Waals surface area contributed by atoms with Crippen molar-refractivity contribution >= 4 is 0 Å². The van der Waals surface area contributed by atoms with Crippen LogP contribution in [0.5, 0.6) is 5.75 Å². The zero-order chi connectivity index (χ0) is 10.4. The predicted octanol–water partition coefficient (Wildman–Crippen LogP) is 2.34. The molecule has 1 aromatic carbocycles. The Hall–Kier alpha value is 0.240. The van der Waals surface area contributed by atoms with Gasteiger partial charge in [0.05, 0.1) is 7.11 Å². The number of benzene rings is 1. The molecule has 0 heterocycles. The Kier molecular flexibility index (Phi) is 8.53. The number of nitrogens with zero attached hydrogens (tertiary/aromatic N) is 1. The van der Waals surface area contributed by atoms with E-state index in [9.17, 15) is 0 Å². The van der Waals surface area contributed by atoms with E-state index in [0.29, 0.717) is 0 Å². The minimum absolute atomic E-state index is 0. The maximum atomic E-state index is 5.13. The van der Waals surface area contributed by atoms with E-state index in [4.69, 9.17) is 4.74 Å². The summed E-state index contributed by atoms with van der Waals surface area (Å²) in [4.78, 5) is 2.37. The molecule has 1 rings (SSSR count). The summed E-state index contributed by atoms with van der Waals surface area (Å²) in [5.74, 6) is 0.814. The van der Waals surface area contributed by atoms with Gasteiger partial charge in [0, 0.05) is 50.0 Å². The van der Waals surface area contributed by atoms with E-state index in [0.717, 1.165) is 25.4 Å². The third-order valence-corrected chi connectivity index (χ3v) is 2.36. The van der Waals surface area contributed by atoms with Gasteiger partial charge in [-0.1, -0.05) is 13.8 Å². The van der Waals surface area contributed by atoms with Gasteiger partial charge in [-0.2, -0.15) is 12.1 Å². The standard InChI is InChI=1S/C12H18NO.Ho/c1-4-13(5-2)10-11-7-6-8-12(9-11)14-3;/h6-7,9H,4-5,10H2,1-3H3;/q-1;. The summed E-state index contributed by atoms with van der Waals surface area (Å²) in [5.41, 5.74) is 1.28. The summed E-state index contributed by atoms with van der Waals surface area (Å²) in [6.45, 7) is 7.50. The number of methoxy groups -OCH3 is 1. The first kappa shape index (κ1) is 15.2. The van der Waals surface area contributed by atoms with Gasteiger partial charge in [0.1, 0.15) is 0 Å². The van der Waals surface area contributed by atoms with E-state index in [1.54, 1.807) is 7.11 Å². The van der Waals surface area contributed by atoms with Crippen molar-refractivity contribution in [1.82, 2.24) is 4.90 Å². The van der Waals surface area contributed by atoms with E-state index in [1.807, 2.05) is 12.1 Å². The van der Waals surface area contributed by atoms with Crippen LogP contribution in [0, 0.1) is 43.8 Å². The van der Waals surface area contributed by atoms with Gasteiger partial charge in [0.25, 0.3) is 0 Å². The maximum Gasteiger partial charge on any atom is 0.0743 e. The van der Waals surface area contributed by atoms with Gasteiger partial charge < -0.3 is 9.64 Å². The van der Waals surface area contributed by atoms with Crippen molar-refractivity contribution in [2.24, 2.45) is 0 Å². The third-order valence-electron chi connectivity index (χ3n) is 2.36. The van der Waals surface area contributed by atoms with Crippen molar-refractivity contribution in [3.8, 4) is 5.75 Å². The second-order valence-electron chi connectivity index (χ2n) is 3.23. The average molecular weight is 357 g/mol. The molecule has 0 aliphatic heterocycles. The first-order chi connectivity index (χ1) is 6.80. The van der Waals surface area contributed by atoms with Crippen LogP contribution in [-0.4, -0.2) is 25.1 Å². The van der Waals surface area contributed by atoms with Gasteiger partial charge in [0.15, 0.2) is 0 Å².